The molecule has 0 saturated heterocycles. The fraction of sp³-hybridized carbons (Fsp3) is 0.200. The molecule has 0 radical (unpaired) electrons. The average Bonchev–Trinajstić information content (AvgIpc) is 2.36. The zero-order chi connectivity index (χ0) is 16.5. The van der Waals surface area contributed by atoms with Crippen molar-refractivity contribution < 1.29 is 17.9 Å². The van der Waals surface area contributed by atoms with Gasteiger partial charge in [0.15, 0.2) is 0 Å². The van der Waals surface area contributed by atoms with Gasteiger partial charge in [-0.25, -0.2) is 0 Å². The topological polar surface area (TPSA) is 65.9 Å². The number of aryl methyl sites for hydroxylation is 2. The molecule has 0 aliphatic rings. The molecule has 2 rings (SSSR count). The summed E-state index contributed by atoms with van der Waals surface area (Å²) < 4.78 is 40.5. The first-order valence-electron chi connectivity index (χ1n) is 6.22. The minimum absolute atomic E-state index is 0.0850. The largest absolute Gasteiger partial charge is 0.573 e. The number of nitrogens with one attached hydrogen (secondary N) is 1. The Morgan fingerprint density at radius 3 is 2.41 bits per heavy atom. The van der Waals surface area contributed by atoms with Gasteiger partial charge in [-0.2, -0.15) is 5.26 Å². The van der Waals surface area contributed by atoms with Crippen LogP contribution in [-0.2, 0) is 0 Å². The highest BCUT2D eigenvalue weighted by atomic mass is 19.4. The summed E-state index contributed by atoms with van der Waals surface area (Å²) >= 11 is 0. The van der Waals surface area contributed by atoms with Crippen LogP contribution in [0.3, 0.4) is 0 Å². The molecular formula is C15H11F3N2O2. The summed E-state index contributed by atoms with van der Waals surface area (Å²) in [6.07, 6.45) is -4.77. The number of aromatic amines is 1. The summed E-state index contributed by atoms with van der Waals surface area (Å²) in [6.45, 7) is 3.23. The fourth-order valence-electron chi connectivity index (χ4n) is 2.15. The normalized spacial score (nSPS) is 11.1. The van der Waals surface area contributed by atoms with Crippen molar-refractivity contribution in [2.45, 2.75) is 20.2 Å². The van der Waals surface area contributed by atoms with Crippen LogP contribution in [-0.4, -0.2) is 11.3 Å². The SMILES string of the molecule is Cc1cc(-c2ccc(OC(F)(F)F)cc2C)c(C#N)c(=O)[nH]1. The standard InChI is InChI=1S/C15H11F3N2O2/c1-8-5-10(22-15(16,17)18)3-4-11(8)12-6-9(2)20-14(21)13(12)7-19/h3-6H,1-2H3,(H,20,21). The van der Waals surface area contributed by atoms with Crippen molar-refractivity contribution in [1.29, 1.82) is 5.26 Å². The molecule has 0 saturated carbocycles. The molecular weight excluding hydrogens is 297 g/mol. The highest BCUT2D eigenvalue weighted by Crippen LogP contribution is 2.30. The molecule has 0 unspecified atom stereocenters. The second-order valence-corrected chi connectivity index (χ2v) is 4.71. The Kier molecular flexibility index (Phi) is 3.95. The minimum atomic E-state index is -4.77. The van der Waals surface area contributed by atoms with E-state index in [0.29, 0.717) is 22.4 Å². The van der Waals surface area contributed by atoms with Gasteiger partial charge in [0.2, 0.25) is 0 Å². The fourth-order valence-corrected chi connectivity index (χ4v) is 2.15. The molecule has 0 spiro atoms. The predicted octanol–water partition coefficient (Wildman–Crippen LogP) is 3.43. The van der Waals surface area contributed by atoms with Gasteiger partial charge in [-0.3, -0.25) is 4.79 Å². The maximum atomic E-state index is 12.2. The maximum absolute atomic E-state index is 12.2. The predicted molar refractivity (Wildman–Crippen MR) is 73.4 cm³/mol. The van der Waals surface area contributed by atoms with Gasteiger partial charge in [-0.15, -0.1) is 13.2 Å². The van der Waals surface area contributed by atoms with E-state index >= 15 is 0 Å². The number of H-pyrrole nitrogens is 1. The monoisotopic (exact) mass is 308 g/mol. The lowest BCUT2D eigenvalue weighted by Gasteiger charge is -2.12. The van der Waals surface area contributed by atoms with Crippen LogP contribution < -0.4 is 10.3 Å². The molecule has 7 heteroatoms. The van der Waals surface area contributed by atoms with E-state index in [4.69, 9.17) is 5.26 Å². The van der Waals surface area contributed by atoms with E-state index in [1.807, 2.05) is 6.07 Å². The number of rotatable bonds is 2. The summed E-state index contributed by atoms with van der Waals surface area (Å²) in [4.78, 5) is 14.3. The lowest BCUT2D eigenvalue weighted by molar-refractivity contribution is -0.274. The zero-order valence-corrected chi connectivity index (χ0v) is 11.7. The Hall–Kier alpha value is -2.75. The van der Waals surface area contributed by atoms with E-state index in [0.717, 1.165) is 6.07 Å². The molecule has 0 aliphatic heterocycles. The number of halogens is 3. The molecule has 22 heavy (non-hydrogen) atoms. The zero-order valence-electron chi connectivity index (χ0n) is 11.7. The molecule has 0 fully saturated rings. The van der Waals surface area contributed by atoms with Crippen LogP contribution >= 0.6 is 0 Å². The van der Waals surface area contributed by atoms with Crippen LogP contribution in [0.1, 0.15) is 16.8 Å². The first-order valence-corrected chi connectivity index (χ1v) is 6.22. The number of pyridine rings is 1. The van der Waals surface area contributed by atoms with Gasteiger partial charge in [-0.05, 0) is 43.2 Å². The highest BCUT2D eigenvalue weighted by Gasteiger charge is 2.31. The summed E-state index contributed by atoms with van der Waals surface area (Å²) in [5.74, 6) is -0.353. The summed E-state index contributed by atoms with van der Waals surface area (Å²) in [6, 6.07) is 7.17. The second-order valence-electron chi connectivity index (χ2n) is 4.71. The Morgan fingerprint density at radius 2 is 1.86 bits per heavy atom. The molecule has 1 aromatic heterocycles. The van der Waals surface area contributed by atoms with Crippen molar-refractivity contribution in [3.63, 3.8) is 0 Å². The first kappa shape index (κ1) is 15.6. The van der Waals surface area contributed by atoms with E-state index in [1.165, 1.54) is 12.1 Å². The molecule has 1 N–H and O–H groups in total. The van der Waals surface area contributed by atoms with Gasteiger partial charge in [0.05, 0.1) is 0 Å². The number of aromatic nitrogens is 1. The Balaban J connectivity index is 2.56. The van der Waals surface area contributed by atoms with Crippen LogP contribution in [0.25, 0.3) is 11.1 Å². The van der Waals surface area contributed by atoms with Crippen molar-refractivity contribution in [2.75, 3.05) is 0 Å². The van der Waals surface area contributed by atoms with E-state index in [2.05, 4.69) is 9.72 Å². The number of hydrogen-bond donors (Lipinski definition) is 1. The van der Waals surface area contributed by atoms with E-state index in [-0.39, 0.29) is 11.3 Å². The van der Waals surface area contributed by atoms with E-state index < -0.39 is 11.9 Å². The molecule has 114 valence electrons. The van der Waals surface area contributed by atoms with Crippen molar-refractivity contribution in [3.05, 3.63) is 51.4 Å². The third-order valence-electron chi connectivity index (χ3n) is 3.00. The van der Waals surface area contributed by atoms with Crippen molar-refractivity contribution in [2.24, 2.45) is 0 Å². The second kappa shape index (κ2) is 5.56. The number of benzene rings is 1. The molecule has 0 amide bonds. The molecule has 0 bridgehead atoms. The lowest BCUT2D eigenvalue weighted by atomic mass is 9.97. The summed E-state index contributed by atoms with van der Waals surface area (Å²) in [5.41, 5.74) is 1.27. The van der Waals surface area contributed by atoms with Crippen molar-refractivity contribution in [3.8, 4) is 22.9 Å². The quantitative estimate of drug-likeness (QED) is 0.924. The molecule has 1 aromatic carbocycles. The van der Waals surface area contributed by atoms with Crippen LogP contribution in [0.4, 0.5) is 13.2 Å². The van der Waals surface area contributed by atoms with Gasteiger partial charge in [0, 0.05) is 11.3 Å². The molecule has 1 heterocycles. The summed E-state index contributed by atoms with van der Waals surface area (Å²) in [7, 11) is 0. The number of alkyl halides is 3. The third kappa shape index (κ3) is 3.28. The lowest BCUT2D eigenvalue weighted by Crippen LogP contribution is -2.17. The Labute approximate surface area is 123 Å². The van der Waals surface area contributed by atoms with Gasteiger partial charge < -0.3 is 9.72 Å². The van der Waals surface area contributed by atoms with Gasteiger partial charge in [0.1, 0.15) is 17.4 Å². The van der Waals surface area contributed by atoms with E-state index in [1.54, 1.807) is 19.9 Å². The molecule has 2 aromatic rings. The third-order valence-corrected chi connectivity index (χ3v) is 3.00. The number of nitriles is 1. The van der Waals surface area contributed by atoms with Crippen LogP contribution in [0.15, 0.2) is 29.1 Å². The minimum Gasteiger partial charge on any atom is -0.406 e. The number of ether oxygens (including phenoxy) is 1. The Bertz CT molecular complexity index is 817. The number of nitrogens with zero attached hydrogens (tertiary/aromatic N) is 1. The molecule has 0 atom stereocenters. The van der Waals surface area contributed by atoms with Crippen LogP contribution in [0.2, 0.25) is 0 Å². The van der Waals surface area contributed by atoms with Gasteiger partial charge in [-0.1, -0.05) is 6.07 Å². The van der Waals surface area contributed by atoms with E-state index in [9.17, 15) is 18.0 Å². The first-order chi connectivity index (χ1) is 10.2. The van der Waals surface area contributed by atoms with Crippen molar-refractivity contribution >= 4 is 0 Å². The molecule has 0 aliphatic carbocycles. The van der Waals surface area contributed by atoms with Crippen molar-refractivity contribution in [1.82, 2.24) is 4.98 Å². The summed E-state index contributed by atoms with van der Waals surface area (Å²) in [5, 5.41) is 9.11. The Morgan fingerprint density at radius 1 is 1.18 bits per heavy atom. The highest BCUT2D eigenvalue weighted by molar-refractivity contribution is 5.73. The number of hydrogen-bond acceptors (Lipinski definition) is 3. The molecule has 4 nitrogen and oxygen atoms in total. The maximum Gasteiger partial charge on any atom is 0.573 e. The van der Waals surface area contributed by atoms with Crippen LogP contribution in [0.5, 0.6) is 5.75 Å². The average molecular weight is 308 g/mol. The van der Waals surface area contributed by atoms with Gasteiger partial charge in [0.25, 0.3) is 5.56 Å². The smallest absolute Gasteiger partial charge is 0.406 e. The van der Waals surface area contributed by atoms with Crippen LogP contribution in [0, 0.1) is 25.2 Å². The van der Waals surface area contributed by atoms with Gasteiger partial charge >= 0.3 is 6.36 Å².